The van der Waals surface area contributed by atoms with Gasteiger partial charge in [-0.3, -0.25) is 4.98 Å². The zero-order chi connectivity index (χ0) is 17.6. The van der Waals surface area contributed by atoms with Gasteiger partial charge in [0.25, 0.3) is 0 Å². The summed E-state index contributed by atoms with van der Waals surface area (Å²) < 4.78 is 38.8. The summed E-state index contributed by atoms with van der Waals surface area (Å²) in [7, 11) is 1.51. The molecule has 1 atom stereocenters. The summed E-state index contributed by atoms with van der Waals surface area (Å²) >= 11 is 0. The number of aromatic nitrogens is 1. The first-order valence-corrected chi connectivity index (χ1v) is 7.34. The van der Waals surface area contributed by atoms with Crippen LogP contribution < -0.4 is 10.1 Å². The van der Waals surface area contributed by atoms with E-state index in [1.54, 1.807) is 24.3 Å². The van der Waals surface area contributed by atoms with Gasteiger partial charge in [0.15, 0.2) is 0 Å². The topological polar surface area (TPSA) is 60.5 Å². The van der Waals surface area contributed by atoms with Crippen molar-refractivity contribution in [2.24, 2.45) is 0 Å². The SMILES string of the molecule is CCOC(=O)C(F)(F)C(Nc1ccc(OC)cc1)c1ccncc1. The Kier molecular flexibility index (Phi) is 5.68. The van der Waals surface area contributed by atoms with Crippen LogP contribution in [0.4, 0.5) is 14.5 Å². The van der Waals surface area contributed by atoms with E-state index in [0.29, 0.717) is 11.4 Å². The molecule has 2 rings (SSSR count). The monoisotopic (exact) mass is 336 g/mol. The first-order chi connectivity index (χ1) is 11.5. The van der Waals surface area contributed by atoms with E-state index in [1.807, 2.05) is 0 Å². The van der Waals surface area contributed by atoms with Crippen LogP contribution in [0, 0.1) is 0 Å². The Hall–Kier alpha value is -2.70. The van der Waals surface area contributed by atoms with Gasteiger partial charge >= 0.3 is 11.9 Å². The number of methoxy groups -OCH3 is 1. The van der Waals surface area contributed by atoms with Gasteiger partial charge in [-0.1, -0.05) is 0 Å². The van der Waals surface area contributed by atoms with Gasteiger partial charge in [0.2, 0.25) is 0 Å². The Morgan fingerprint density at radius 2 is 1.83 bits per heavy atom. The van der Waals surface area contributed by atoms with E-state index < -0.39 is 17.9 Å². The molecule has 0 fully saturated rings. The highest BCUT2D eigenvalue weighted by molar-refractivity contribution is 5.79. The summed E-state index contributed by atoms with van der Waals surface area (Å²) in [5.41, 5.74) is 0.639. The van der Waals surface area contributed by atoms with Crippen molar-refractivity contribution in [2.75, 3.05) is 19.0 Å². The Morgan fingerprint density at radius 1 is 1.21 bits per heavy atom. The van der Waals surface area contributed by atoms with Crippen LogP contribution in [0.1, 0.15) is 18.5 Å². The van der Waals surface area contributed by atoms with Crippen LogP contribution in [0.25, 0.3) is 0 Å². The third-order valence-corrected chi connectivity index (χ3v) is 3.35. The average Bonchev–Trinajstić information content (AvgIpc) is 2.61. The first-order valence-electron chi connectivity index (χ1n) is 7.34. The molecule has 0 aliphatic rings. The van der Waals surface area contributed by atoms with Crippen LogP contribution in [0.5, 0.6) is 5.75 Å². The highest BCUT2D eigenvalue weighted by Gasteiger charge is 2.49. The fraction of sp³-hybridized carbons (Fsp3) is 0.294. The summed E-state index contributed by atoms with van der Waals surface area (Å²) in [6, 6.07) is 7.71. The third-order valence-electron chi connectivity index (χ3n) is 3.35. The number of hydrogen-bond donors (Lipinski definition) is 1. The molecule has 0 saturated heterocycles. The Bertz CT molecular complexity index is 663. The van der Waals surface area contributed by atoms with Crippen molar-refractivity contribution in [1.29, 1.82) is 0 Å². The Balaban J connectivity index is 2.34. The highest BCUT2D eigenvalue weighted by atomic mass is 19.3. The number of carbonyl (C=O) groups is 1. The lowest BCUT2D eigenvalue weighted by Crippen LogP contribution is -2.41. The number of anilines is 1. The number of benzene rings is 1. The van der Waals surface area contributed by atoms with Crippen molar-refractivity contribution < 1.29 is 23.0 Å². The molecular weight excluding hydrogens is 318 g/mol. The molecule has 0 aliphatic carbocycles. The molecule has 1 N–H and O–H groups in total. The largest absolute Gasteiger partial charge is 0.497 e. The van der Waals surface area contributed by atoms with Crippen LogP contribution in [0.15, 0.2) is 48.8 Å². The predicted octanol–water partition coefficient (Wildman–Crippen LogP) is 3.44. The number of alkyl halides is 2. The van der Waals surface area contributed by atoms with Crippen molar-refractivity contribution in [3.05, 3.63) is 54.4 Å². The van der Waals surface area contributed by atoms with Gasteiger partial charge < -0.3 is 14.8 Å². The lowest BCUT2D eigenvalue weighted by molar-refractivity contribution is -0.173. The summed E-state index contributed by atoms with van der Waals surface area (Å²) in [6.45, 7) is 1.35. The highest BCUT2D eigenvalue weighted by Crippen LogP contribution is 2.35. The summed E-state index contributed by atoms with van der Waals surface area (Å²) in [4.78, 5) is 15.5. The van der Waals surface area contributed by atoms with Crippen molar-refractivity contribution in [3.63, 3.8) is 0 Å². The maximum absolute atomic E-state index is 14.6. The molecule has 0 aliphatic heterocycles. The lowest BCUT2D eigenvalue weighted by atomic mass is 10.0. The van der Waals surface area contributed by atoms with E-state index in [9.17, 15) is 13.6 Å². The maximum atomic E-state index is 14.6. The van der Waals surface area contributed by atoms with Crippen LogP contribution in [0.2, 0.25) is 0 Å². The van der Waals surface area contributed by atoms with Gasteiger partial charge in [-0.25, -0.2) is 4.79 Å². The molecule has 5 nitrogen and oxygen atoms in total. The second-order valence-corrected chi connectivity index (χ2v) is 4.93. The lowest BCUT2D eigenvalue weighted by Gasteiger charge is -2.27. The fourth-order valence-corrected chi connectivity index (χ4v) is 2.14. The van der Waals surface area contributed by atoms with Gasteiger partial charge in [0, 0.05) is 18.1 Å². The molecule has 1 aromatic carbocycles. The van der Waals surface area contributed by atoms with E-state index in [1.165, 1.54) is 38.6 Å². The van der Waals surface area contributed by atoms with Crippen LogP contribution >= 0.6 is 0 Å². The number of hydrogen-bond acceptors (Lipinski definition) is 5. The molecule has 2 aromatic rings. The quantitative estimate of drug-likeness (QED) is 0.785. The minimum Gasteiger partial charge on any atom is -0.497 e. The van der Waals surface area contributed by atoms with Crippen molar-refractivity contribution in [3.8, 4) is 5.75 Å². The van der Waals surface area contributed by atoms with Gasteiger partial charge in [-0.15, -0.1) is 0 Å². The second kappa shape index (κ2) is 7.72. The van der Waals surface area contributed by atoms with Crippen LogP contribution in [-0.2, 0) is 9.53 Å². The van der Waals surface area contributed by atoms with Crippen molar-refractivity contribution in [1.82, 2.24) is 4.98 Å². The number of carbonyl (C=O) groups excluding carboxylic acids is 1. The molecule has 7 heteroatoms. The minimum atomic E-state index is -3.75. The Morgan fingerprint density at radius 3 is 2.38 bits per heavy atom. The van der Waals surface area contributed by atoms with Gasteiger partial charge in [-0.2, -0.15) is 8.78 Å². The molecule has 1 aromatic heterocycles. The molecule has 0 spiro atoms. The zero-order valence-corrected chi connectivity index (χ0v) is 13.3. The number of esters is 1. The van der Waals surface area contributed by atoms with Gasteiger partial charge in [0.05, 0.1) is 13.7 Å². The van der Waals surface area contributed by atoms with E-state index in [2.05, 4.69) is 15.0 Å². The molecule has 0 bridgehead atoms. The number of rotatable bonds is 7. The summed E-state index contributed by atoms with van der Waals surface area (Å²) in [5.74, 6) is -4.73. The smallest absolute Gasteiger partial charge is 0.379 e. The number of halogens is 2. The van der Waals surface area contributed by atoms with E-state index >= 15 is 0 Å². The van der Waals surface area contributed by atoms with E-state index in [4.69, 9.17) is 4.74 Å². The van der Waals surface area contributed by atoms with E-state index in [0.717, 1.165) is 0 Å². The van der Waals surface area contributed by atoms with Crippen LogP contribution in [-0.4, -0.2) is 30.6 Å². The maximum Gasteiger partial charge on any atom is 0.379 e. The fourth-order valence-electron chi connectivity index (χ4n) is 2.14. The first kappa shape index (κ1) is 17.7. The average molecular weight is 336 g/mol. The normalized spacial score (nSPS) is 12.3. The molecular formula is C17H18F2N2O3. The van der Waals surface area contributed by atoms with Crippen molar-refractivity contribution >= 4 is 11.7 Å². The minimum absolute atomic E-state index is 0.125. The molecule has 0 amide bonds. The number of pyridine rings is 1. The van der Waals surface area contributed by atoms with Crippen molar-refractivity contribution in [2.45, 2.75) is 18.9 Å². The second-order valence-electron chi connectivity index (χ2n) is 4.93. The predicted molar refractivity (Wildman–Crippen MR) is 85.2 cm³/mol. The Labute approximate surface area is 138 Å². The molecule has 24 heavy (non-hydrogen) atoms. The van der Waals surface area contributed by atoms with Gasteiger partial charge in [0.1, 0.15) is 11.8 Å². The molecule has 1 heterocycles. The van der Waals surface area contributed by atoms with Crippen LogP contribution in [0.3, 0.4) is 0 Å². The number of nitrogens with zero attached hydrogens (tertiary/aromatic N) is 1. The summed E-state index contributed by atoms with van der Waals surface area (Å²) in [6.07, 6.45) is 2.78. The zero-order valence-electron chi connectivity index (χ0n) is 13.3. The third kappa shape index (κ3) is 3.98. The number of nitrogens with one attached hydrogen (secondary N) is 1. The molecule has 1 unspecified atom stereocenters. The summed E-state index contributed by atoms with van der Waals surface area (Å²) in [5, 5.41) is 2.69. The standard InChI is InChI=1S/C17H18F2N2O3/c1-3-24-16(22)17(18,19)15(12-8-10-20-11-9-12)21-13-4-6-14(23-2)7-5-13/h4-11,15,21H,3H2,1-2H3. The van der Waals surface area contributed by atoms with Gasteiger partial charge in [-0.05, 0) is 48.9 Å². The van der Waals surface area contributed by atoms with E-state index in [-0.39, 0.29) is 12.2 Å². The molecule has 128 valence electrons. The molecule has 0 radical (unpaired) electrons. The number of ether oxygens (including phenoxy) is 2. The molecule has 0 saturated carbocycles.